The van der Waals surface area contributed by atoms with Crippen molar-refractivity contribution in [1.82, 2.24) is 36.1 Å². The van der Waals surface area contributed by atoms with E-state index in [0.29, 0.717) is 69.3 Å². The molecule has 1 fully saturated rings. The Balaban J connectivity index is 1.35. The van der Waals surface area contributed by atoms with Gasteiger partial charge in [0.05, 0.1) is 53.3 Å². The van der Waals surface area contributed by atoms with Crippen LogP contribution in [0.1, 0.15) is 182 Å². The number of unbranched alkanes of at least 4 members (excludes halogenated alkanes) is 1. The molecule has 97 heavy (non-hydrogen) atoms. The lowest BCUT2D eigenvalue weighted by atomic mass is 9.83. The summed E-state index contributed by atoms with van der Waals surface area (Å²) in [5.74, 6) is -5.37. The number of aromatic nitrogens is 1. The van der Waals surface area contributed by atoms with Crippen molar-refractivity contribution >= 4 is 76.2 Å². The molecule has 0 spiro atoms. The molecule has 0 aliphatic carbocycles. The summed E-state index contributed by atoms with van der Waals surface area (Å²) in [5, 5.41) is 16.3. The van der Waals surface area contributed by atoms with Gasteiger partial charge >= 0.3 is 18.2 Å². The highest BCUT2D eigenvalue weighted by Crippen LogP contribution is 2.34. The molecule has 25 heteroatoms. The van der Waals surface area contributed by atoms with Crippen molar-refractivity contribution in [2.75, 3.05) is 46.2 Å². The lowest BCUT2D eigenvalue weighted by Gasteiger charge is -2.41. The number of likely N-dealkylation sites (tertiary alicyclic amines) is 1. The molecule has 540 valence electrons. The van der Waals surface area contributed by atoms with Crippen LogP contribution in [0.25, 0.3) is 0 Å². The molecule has 0 saturated carbocycles. The predicted molar refractivity (Wildman–Crippen MR) is 374 cm³/mol. The van der Waals surface area contributed by atoms with E-state index < -0.39 is 95.0 Å². The Morgan fingerprint density at radius 3 is 2.02 bits per heavy atom. The summed E-state index contributed by atoms with van der Waals surface area (Å²) in [5.41, 5.74) is 11.4. The van der Waals surface area contributed by atoms with Gasteiger partial charge in [-0.1, -0.05) is 97.4 Å². The van der Waals surface area contributed by atoms with Crippen molar-refractivity contribution < 1.29 is 66.9 Å². The number of ether oxygens (including phenoxy) is 4. The zero-order valence-electron chi connectivity index (χ0n) is 60.0. The molecular formula is C72H112N10O14S. The van der Waals surface area contributed by atoms with Gasteiger partial charge in [0.1, 0.15) is 18.0 Å². The molecule has 8 amide bonds. The number of rotatable bonds is 41. The first-order chi connectivity index (χ1) is 45.7. The van der Waals surface area contributed by atoms with Gasteiger partial charge in [-0.2, -0.15) is 0 Å². The minimum atomic E-state index is -1.47. The van der Waals surface area contributed by atoms with Crippen molar-refractivity contribution in [3.05, 3.63) is 82.3 Å². The fourth-order valence-corrected chi connectivity index (χ4v) is 13.1. The standard InChI is InChI=1S/C72H112N10O14S/c1-16-46(6)62(58(93-14)42-60(86)82-36-23-28-55(82)63(94-15)47(7)56(83)40-51(66-75-35-37-97-66)38-48-24-18-17-19-25-48)81(13)67(89)53(44(2)3)41-59(85)72(11,12)80-70(92)95-43-49-29-31-52(32-30-49)78-64(87)50(26-22-34-76-68(74)90)39-57(84)61(45(4)5)79-65(88)54(73)27-20-21-33-77-69(91)96-71(8,9)10/h17-19,24-25,29-32,35,37,44-47,50-51,53-55,58,61-63H,16,20-23,26-28,33-34,36,38-43,73H2,1-15H3,(H,77,91)(H,78,87)(H,79,88)(H,80,92)(H3,74,76,90)/t46-,47-,50+,51+,53-,54-,55-,58+,61-,62-,63+/m0/s1. The average Bonchev–Trinajstić information content (AvgIpc) is 1.80. The van der Waals surface area contributed by atoms with E-state index in [2.05, 4.69) is 43.7 Å². The molecule has 24 nitrogen and oxygen atoms in total. The van der Waals surface area contributed by atoms with Gasteiger partial charge in [0.25, 0.3) is 0 Å². The number of nitrogens with two attached hydrogens (primary N) is 2. The van der Waals surface area contributed by atoms with Gasteiger partial charge in [0, 0.05) is 101 Å². The highest BCUT2D eigenvalue weighted by molar-refractivity contribution is 7.09. The smallest absolute Gasteiger partial charge is 0.408 e. The van der Waals surface area contributed by atoms with Crippen LogP contribution in [0.3, 0.4) is 0 Å². The molecule has 3 aromatic rings. The number of Topliss-reactive ketones (excluding diaryl/α,β-unsaturated/α-hetero) is 3. The van der Waals surface area contributed by atoms with Gasteiger partial charge in [-0.3, -0.25) is 33.6 Å². The summed E-state index contributed by atoms with van der Waals surface area (Å²) in [6.45, 7) is 22.3. The first-order valence-corrected chi connectivity index (χ1v) is 35.1. The van der Waals surface area contributed by atoms with Gasteiger partial charge in [-0.25, -0.2) is 19.4 Å². The Labute approximate surface area is 578 Å². The van der Waals surface area contributed by atoms with Gasteiger partial charge in [0.15, 0.2) is 11.6 Å². The number of carbonyl (C=O) groups excluding carboxylic acids is 10. The fraction of sp³-hybridized carbons (Fsp3) is 0.653. The average molecular weight is 1370 g/mol. The molecule has 1 aliphatic heterocycles. The zero-order chi connectivity index (χ0) is 72.3. The lowest BCUT2D eigenvalue weighted by molar-refractivity contribution is -0.149. The SMILES string of the molecule is CC[C@H](C)[C@@H]([C@@H](CC(=O)N1CCC[C@H]1[C@H](OC)[C@@H](C)C(=O)C[C@@H](Cc1ccccc1)c1nccs1)OC)N(C)C(=O)[C@@H](CC(=O)C(C)(C)NC(=O)OCc1ccc(NC(=O)[C@H](CCCNC(N)=O)CC(=O)[C@@H](NC(=O)[C@@H](N)CCCCNC(=O)OC(C)(C)C)C(C)C)cc1)C(C)C. The minimum Gasteiger partial charge on any atom is -0.445 e. The van der Waals surface area contributed by atoms with E-state index in [0.717, 1.165) is 17.0 Å². The Hall–Kier alpha value is -7.35. The van der Waals surface area contributed by atoms with Crippen molar-refractivity contribution in [3.8, 4) is 0 Å². The number of hydrogen-bond donors (Lipinski definition) is 7. The summed E-state index contributed by atoms with van der Waals surface area (Å²) in [6, 6.07) is 13.0. The number of thiazole rings is 1. The predicted octanol–water partition coefficient (Wildman–Crippen LogP) is 9.41. The van der Waals surface area contributed by atoms with Crippen LogP contribution in [0.4, 0.5) is 20.1 Å². The second-order valence-corrected chi connectivity index (χ2v) is 29.0. The van der Waals surface area contributed by atoms with Crippen LogP contribution in [0.15, 0.2) is 66.2 Å². The number of methoxy groups -OCH3 is 2. The van der Waals surface area contributed by atoms with Crippen LogP contribution in [0.2, 0.25) is 0 Å². The number of urea groups is 1. The molecule has 1 aromatic heterocycles. The quantitative estimate of drug-likeness (QED) is 0.0260. The molecule has 1 aliphatic rings. The second-order valence-electron chi connectivity index (χ2n) is 28.1. The summed E-state index contributed by atoms with van der Waals surface area (Å²) in [7, 11) is 4.80. The molecule has 4 rings (SSSR count). The third kappa shape index (κ3) is 26.8. The molecule has 11 atom stereocenters. The largest absolute Gasteiger partial charge is 0.445 e. The highest BCUT2D eigenvalue weighted by Gasteiger charge is 2.44. The van der Waals surface area contributed by atoms with Crippen molar-refractivity contribution in [3.63, 3.8) is 0 Å². The maximum atomic E-state index is 14.8. The number of anilines is 1. The number of primary amides is 1. The first-order valence-electron chi connectivity index (χ1n) is 34.3. The summed E-state index contributed by atoms with van der Waals surface area (Å²) < 4.78 is 23.1. The highest BCUT2D eigenvalue weighted by atomic mass is 32.1. The van der Waals surface area contributed by atoms with Gasteiger partial charge in [0.2, 0.25) is 23.6 Å². The number of carbonyl (C=O) groups is 10. The Kier molecular flexibility index (Phi) is 33.8. The molecule has 2 aromatic carbocycles. The Morgan fingerprint density at radius 2 is 1.43 bits per heavy atom. The number of nitrogens with one attached hydrogen (secondary N) is 5. The Morgan fingerprint density at radius 1 is 0.763 bits per heavy atom. The van der Waals surface area contributed by atoms with Crippen LogP contribution >= 0.6 is 11.3 Å². The number of benzene rings is 2. The monoisotopic (exact) mass is 1370 g/mol. The number of hydrogen-bond acceptors (Lipinski definition) is 17. The van der Waals surface area contributed by atoms with Gasteiger partial charge < -0.3 is 66.8 Å². The normalized spacial score (nSPS) is 16.5. The van der Waals surface area contributed by atoms with Crippen LogP contribution < -0.4 is 38.1 Å². The van der Waals surface area contributed by atoms with Crippen LogP contribution in [0.5, 0.6) is 0 Å². The zero-order valence-corrected chi connectivity index (χ0v) is 60.8. The van der Waals surface area contributed by atoms with Crippen LogP contribution in [-0.2, 0) is 65.5 Å². The molecule has 0 unspecified atom stereocenters. The molecule has 0 bridgehead atoms. The summed E-state index contributed by atoms with van der Waals surface area (Å²) in [4.78, 5) is 144. The third-order valence-electron chi connectivity index (χ3n) is 18.3. The van der Waals surface area contributed by atoms with E-state index in [9.17, 15) is 47.9 Å². The summed E-state index contributed by atoms with van der Waals surface area (Å²) in [6.07, 6.45) is 3.37. The Bertz CT molecular complexity index is 3010. The first kappa shape index (κ1) is 82.1. The van der Waals surface area contributed by atoms with E-state index in [1.165, 1.54) is 18.4 Å². The maximum absolute atomic E-state index is 14.8. The minimum absolute atomic E-state index is 0.0338. The topological polar surface area (TPSA) is 339 Å². The van der Waals surface area contributed by atoms with E-state index in [1.54, 1.807) is 98.0 Å². The number of amides is 8. The molecule has 0 radical (unpaired) electrons. The van der Waals surface area contributed by atoms with Gasteiger partial charge in [-0.15, -0.1) is 11.3 Å². The maximum Gasteiger partial charge on any atom is 0.408 e. The van der Waals surface area contributed by atoms with Gasteiger partial charge in [-0.05, 0) is 127 Å². The number of likely N-dealkylation sites (N-methyl/N-ethyl adjacent to an activating group) is 1. The van der Waals surface area contributed by atoms with Crippen molar-refractivity contribution in [2.45, 2.75) is 227 Å². The number of ketones is 3. The second kappa shape index (κ2) is 39.9. The lowest BCUT2D eigenvalue weighted by Crippen LogP contribution is -2.55. The van der Waals surface area contributed by atoms with Crippen molar-refractivity contribution in [2.24, 2.45) is 47.0 Å². The fourth-order valence-electron chi connectivity index (χ4n) is 12.4. The van der Waals surface area contributed by atoms with Crippen LogP contribution in [-0.4, -0.2) is 162 Å². The van der Waals surface area contributed by atoms with E-state index in [4.69, 9.17) is 30.4 Å². The van der Waals surface area contributed by atoms with E-state index in [-0.39, 0.29) is 98.4 Å². The molecule has 2 heterocycles. The number of nitrogens with zero attached hydrogens (tertiary/aromatic N) is 3. The molecular weight excluding hydrogens is 1260 g/mol. The van der Waals surface area contributed by atoms with Crippen molar-refractivity contribution in [1.29, 1.82) is 0 Å². The van der Waals surface area contributed by atoms with E-state index >= 15 is 0 Å². The van der Waals surface area contributed by atoms with Crippen LogP contribution in [0, 0.1) is 35.5 Å². The van der Waals surface area contributed by atoms with E-state index in [1.807, 2.05) is 63.1 Å². The molecule has 1 saturated heterocycles. The summed E-state index contributed by atoms with van der Waals surface area (Å²) >= 11 is 1.53. The third-order valence-corrected chi connectivity index (χ3v) is 19.2. The number of alkyl carbamates (subject to hydrolysis) is 2. The molecule has 9 N–H and O–H groups in total.